The second kappa shape index (κ2) is 6.01. The molecule has 0 aliphatic heterocycles. The average Bonchev–Trinajstić information content (AvgIpc) is 3.12. The molecule has 0 aliphatic rings. The molecule has 3 heterocycles. The number of carbonyl (C=O) groups is 1. The summed E-state index contributed by atoms with van der Waals surface area (Å²) in [6.45, 7) is 4.48. The standard InChI is InChI=1S/C16H19N5O/c1-3-12(2)16(22)19-13-8-17-21(10-13)11-14-9-20-7-5-4-6-15(20)18-14/h4-10,12H,3,11H2,1-2H3,(H,19,22). The van der Waals surface area contributed by atoms with Crippen molar-refractivity contribution in [1.29, 1.82) is 0 Å². The van der Waals surface area contributed by atoms with E-state index in [1.54, 1.807) is 10.9 Å². The van der Waals surface area contributed by atoms with Crippen LogP contribution in [0.2, 0.25) is 0 Å². The van der Waals surface area contributed by atoms with Crippen molar-refractivity contribution < 1.29 is 4.79 Å². The number of carbonyl (C=O) groups excluding carboxylic acids is 1. The number of fused-ring (bicyclic) bond motifs is 1. The van der Waals surface area contributed by atoms with Gasteiger partial charge in [-0.25, -0.2) is 4.98 Å². The van der Waals surface area contributed by atoms with Crippen molar-refractivity contribution in [1.82, 2.24) is 19.2 Å². The molecule has 6 heteroatoms. The van der Waals surface area contributed by atoms with Crippen LogP contribution in [0, 0.1) is 5.92 Å². The van der Waals surface area contributed by atoms with E-state index < -0.39 is 0 Å². The molecule has 0 aromatic carbocycles. The number of imidazole rings is 1. The van der Waals surface area contributed by atoms with Gasteiger partial charge in [-0.2, -0.15) is 5.10 Å². The van der Waals surface area contributed by atoms with Crippen LogP contribution in [0.4, 0.5) is 5.69 Å². The minimum absolute atomic E-state index is 0.00166. The molecule has 0 spiro atoms. The zero-order chi connectivity index (χ0) is 15.5. The van der Waals surface area contributed by atoms with Crippen LogP contribution in [-0.4, -0.2) is 25.1 Å². The van der Waals surface area contributed by atoms with Crippen LogP contribution in [-0.2, 0) is 11.3 Å². The number of pyridine rings is 1. The fourth-order valence-electron chi connectivity index (χ4n) is 2.19. The maximum absolute atomic E-state index is 11.9. The average molecular weight is 297 g/mol. The van der Waals surface area contributed by atoms with Crippen molar-refractivity contribution in [2.24, 2.45) is 5.92 Å². The Morgan fingerprint density at radius 1 is 1.36 bits per heavy atom. The number of nitrogens with zero attached hydrogens (tertiary/aromatic N) is 4. The largest absolute Gasteiger partial charge is 0.323 e. The second-order valence-corrected chi connectivity index (χ2v) is 5.42. The van der Waals surface area contributed by atoms with Crippen LogP contribution < -0.4 is 5.32 Å². The van der Waals surface area contributed by atoms with Crippen molar-refractivity contribution in [2.45, 2.75) is 26.8 Å². The summed E-state index contributed by atoms with van der Waals surface area (Å²) in [6, 6.07) is 5.89. The van der Waals surface area contributed by atoms with Gasteiger partial charge >= 0.3 is 0 Å². The lowest BCUT2D eigenvalue weighted by Gasteiger charge is -2.07. The molecule has 1 amide bonds. The van der Waals surface area contributed by atoms with E-state index in [1.165, 1.54) is 0 Å². The van der Waals surface area contributed by atoms with Crippen LogP contribution in [0.5, 0.6) is 0 Å². The van der Waals surface area contributed by atoms with Gasteiger partial charge in [0.25, 0.3) is 0 Å². The fourth-order valence-corrected chi connectivity index (χ4v) is 2.19. The first-order valence-electron chi connectivity index (χ1n) is 7.41. The maximum Gasteiger partial charge on any atom is 0.227 e. The summed E-state index contributed by atoms with van der Waals surface area (Å²) in [5.74, 6) is 0.0246. The first-order valence-corrected chi connectivity index (χ1v) is 7.41. The Morgan fingerprint density at radius 3 is 3.00 bits per heavy atom. The quantitative estimate of drug-likeness (QED) is 0.787. The van der Waals surface area contributed by atoms with Crippen molar-refractivity contribution in [3.63, 3.8) is 0 Å². The predicted molar refractivity (Wildman–Crippen MR) is 84.6 cm³/mol. The summed E-state index contributed by atoms with van der Waals surface area (Å²) >= 11 is 0. The number of hydrogen-bond donors (Lipinski definition) is 1. The number of anilines is 1. The molecule has 114 valence electrons. The first-order chi connectivity index (χ1) is 10.7. The molecule has 0 saturated heterocycles. The third-order valence-corrected chi connectivity index (χ3v) is 3.70. The molecule has 3 rings (SSSR count). The van der Waals surface area contributed by atoms with Crippen molar-refractivity contribution in [2.75, 3.05) is 5.32 Å². The number of hydrogen-bond acceptors (Lipinski definition) is 3. The van der Waals surface area contributed by atoms with Crippen molar-refractivity contribution >= 4 is 17.2 Å². The van der Waals surface area contributed by atoms with Gasteiger partial charge in [0.1, 0.15) is 5.65 Å². The summed E-state index contributed by atoms with van der Waals surface area (Å²) in [6.07, 6.45) is 8.25. The minimum atomic E-state index is 0.00166. The Hall–Kier alpha value is -2.63. The van der Waals surface area contributed by atoms with Gasteiger partial charge in [-0.15, -0.1) is 0 Å². The Morgan fingerprint density at radius 2 is 2.23 bits per heavy atom. The van der Waals surface area contributed by atoms with Gasteiger partial charge < -0.3 is 9.72 Å². The van der Waals surface area contributed by atoms with Gasteiger partial charge in [-0.3, -0.25) is 9.48 Å². The summed E-state index contributed by atoms with van der Waals surface area (Å²) in [7, 11) is 0. The topological polar surface area (TPSA) is 64.2 Å². The molecule has 22 heavy (non-hydrogen) atoms. The molecule has 0 bridgehead atoms. The zero-order valence-corrected chi connectivity index (χ0v) is 12.7. The van der Waals surface area contributed by atoms with Crippen molar-refractivity contribution in [3.8, 4) is 0 Å². The molecule has 3 aromatic rings. The van der Waals surface area contributed by atoms with Crippen LogP contribution in [0.15, 0.2) is 43.0 Å². The zero-order valence-electron chi connectivity index (χ0n) is 12.7. The summed E-state index contributed by atoms with van der Waals surface area (Å²) in [5.41, 5.74) is 2.55. The smallest absolute Gasteiger partial charge is 0.227 e. The van der Waals surface area contributed by atoms with Gasteiger partial charge in [-0.1, -0.05) is 19.9 Å². The van der Waals surface area contributed by atoms with Crippen LogP contribution in [0.3, 0.4) is 0 Å². The highest BCUT2D eigenvalue weighted by Gasteiger charge is 2.11. The van der Waals surface area contributed by atoms with E-state index in [1.807, 2.05) is 55.0 Å². The number of aromatic nitrogens is 4. The molecule has 0 saturated carbocycles. The highest BCUT2D eigenvalue weighted by atomic mass is 16.1. The normalized spacial score (nSPS) is 12.5. The highest BCUT2D eigenvalue weighted by Crippen LogP contribution is 2.11. The van der Waals surface area contributed by atoms with Gasteiger partial charge in [0.15, 0.2) is 0 Å². The SMILES string of the molecule is CCC(C)C(=O)Nc1cnn(Cc2cn3ccccc3n2)c1. The van der Waals surface area contributed by atoms with Crippen LogP contribution >= 0.6 is 0 Å². The van der Waals surface area contributed by atoms with E-state index >= 15 is 0 Å². The Balaban J connectivity index is 1.70. The lowest BCUT2D eigenvalue weighted by atomic mass is 10.1. The molecular formula is C16H19N5O. The molecule has 6 nitrogen and oxygen atoms in total. The monoisotopic (exact) mass is 297 g/mol. The minimum Gasteiger partial charge on any atom is -0.323 e. The van der Waals surface area contributed by atoms with Crippen LogP contribution in [0.25, 0.3) is 5.65 Å². The lowest BCUT2D eigenvalue weighted by molar-refractivity contribution is -0.119. The van der Waals surface area contributed by atoms with E-state index in [9.17, 15) is 4.79 Å². The molecule has 0 fully saturated rings. The third-order valence-electron chi connectivity index (χ3n) is 3.70. The fraction of sp³-hybridized carbons (Fsp3) is 0.312. The lowest BCUT2D eigenvalue weighted by Crippen LogP contribution is -2.19. The van der Waals surface area contributed by atoms with Crippen LogP contribution in [0.1, 0.15) is 26.0 Å². The van der Waals surface area contributed by atoms with E-state index in [0.717, 1.165) is 17.8 Å². The highest BCUT2D eigenvalue weighted by molar-refractivity contribution is 5.91. The Kier molecular flexibility index (Phi) is 3.91. The van der Waals surface area contributed by atoms with E-state index in [-0.39, 0.29) is 11.8 Å². The third kappa shape index (κ3) is 3.00. The maximum atomic E-state index is 11.9. The predicted octanol–water partition coefficient (Wildman–Crippen LogP) is 2.56. The van der Waals surface area contributed by atoms with Gasteiger partial charge in [0, 0.05) is 24.5 Å². The summed E-state index contributed by atoms with van der Waals surface area (Å²) < 4.78 is 3.75. The van der Waals surface area contributed by atoms with Gasteiger partial charge in [0.05, 0.1) is 24.1 Å². The number of amides is 1. The van der Waals surface area contributed by atoms with E-state index in [4.69, 9.17) is 0 Å². The molecule has 3 aromatic heterocycles. The molecule has 0 aliphatic carbocycles. The first kappa shape index (κ1) is 14.3. The number of rotatable bonds is 5. The van der Waals surface area contributed by atoms with E-state index in [2.05, 4.69) is 15.4 Å². The summed E-state index contributed by atoms with van der Waals surface area (Å²) in [5, 5.41) is 7.15. The molecule has 0 radical (unpaired) electrons. The molecule has 1 unspecified atom stereocenters. The number of nitrogens with one attached hydrogen (secondary N) is 1. The van der Waals surface area contributed by atoms with Gasteiger partial charge in [-0.05, 0) is 18.6 Å². The molecule has 1 atom stereocenters. The van der Waals surface area contributed by atoms with Crippen molar-refractivity contribution in [3.05, 3.63) is 48.7 Å². The Labute approximate surface area is 128 Å². The molecular weight excluding hydrogens is 278 g/mol. The van der Waals surface area contributed by atoms with Gasteiger partial charge in [0.2, 0.25) is 5.91 Å². The second-order valence-electron chi connectivity index (χ2n) is 5.42. The Bertz CT molecular complexity index is 756. The summed E-state index contributed by atoms with van der Waals surface area (Å²) in [4.78, 5) is 16.4. The van der Waals surface area contributed by atoms with E-state index in [0.29, 0.717) is 12.2 Å². The molecule has 1 N–H and O–H groups in total.